The van der Waals surface area contributed by atoms with Gasteiger partial charge in [0.1, 0.15) is 5.01 Å². The number of thiophene rings is 1. The Kier molecular flexibility index (Phi) is 7.63. The fourth-order valence-electron chi connectivity index (χ4n) is 3.01. The summed E-state index contributed by atoms with van der Waals surface area (Å²) >= 11 is 6.72. The van der Waals surface area contributed by atoms with Crippen molar-refractivity contribution in [1.29, 1.82) is 0 Å². The lowest BCUT2D eigenvalue weighted by Gasteiger charge is -2.33. The number of amides is 1. The van der Waals surface area contributed by atoms with E-state index < -0.39 is 0 Å². The third kappa shape index (κ3) is 5.85. The maximum absolute atomic E-state index is 12.1. The Labute approximate surface area is 171 Å². The molecular weight excluding hydrogens is 432 g/mol. The predicted octanol–water partition coefficient (Wildman–Crippen LogP) is 3.32. The van der Waals surface area contributed by atoms with Gasteiger partial charge in [0.15, 0.2) is 0 Å². The minimum atomic E-state index is 0.0602. The lowest BCUT2D eigenvalue weighted by Crippen LogP contribution is -2.46. The molecule has 0 saturated carbocycles. The zero-order valence-corrected chi connectivity index (χ0v) is 18.3. The number of thiazole rings is 1. The number of halogens is 1. The molecular formula is C18H25BrN4OS2. The van der Waals surface area contributed by atoms with E-state index in [0.717, 1.165) is 72.3 Å². The van der Waals surface area contributed by atoms with E-state index in [9.17, 15) is 4.79 Å². The summed E-state index contributed by atoms with van der Waals surface area (Å²) in [6.45, 7) is 9.77. The van der Waals surface area contributed by atoms with Gasteiger partial charge in [0.25, 0.3) is 0 Å². The molecule has 0 radical (unpaired) electrons. The van der Waals surface area contributed by atoms with Crippen molar-refractivity contribution in [3.05, 3.63) is 27.0 Å². The molecule has 1 fully saturated rings. The maximum Gasteiger partial charge on any atom is 0.226 e. The average Bonchev–Trinajstić information content (AvgIpc) is 3.28. The second-order valence-electron chi connectivity index (χ2n) is 6.43. The second kappa shape index (κ2) is 9.94. The molecule has 1 aliphatic heterocycles. The van der Waals surface area contributed by atoms with Gasteiger partial charge < -0.3 is 15.1 Å². The molecule has 142 valence electrons. The second-order valence-corrected chi connectivity index (χ2v) is 9.11. The first kappa shape index (κ1) is 19.9. The van der Waals surface area contributed by atoms with E-state index >= 15 is 0 Å². The highest BCUT2D eigenvalue weighted by atomic mass is 79.9. The highest BCUT2D eigenvalue weighted by molar-refractivity contribution is 9.10. The Balaban J connectivity index is 1.34. The number of nitrogens with one attached hydrogen (secondary N) is 1. The predicted molar refractivity (Wildman–Crippen MR) is 113 cm³/mol. The Morgan fingerprint density at radius 3 is 2.69 bits per heavy atom. The van der Waals surface area contributed by atoms with E-state index in [1.54, 1.807) is 22.7 Å². The Bertz CT molecular complexity index is 710. The Hall–Kier alpha value is -0.800. The molecule has 0 unspecified atom stereocenters. The number of nitrogens with zero attached hydrogens (tertiary/aromatic N) is 3. The molecule has 8 heteroatoms. The summed E-state index contributed by atoms with van der Waals surface area (Å²) < 4.78 is 1.07. The smallest absolute Gasteiger partial charge is 0.226 e. The average molecular weight is 457 g/mol. The Morgan fingerprint density at radius 1 is 1.23 bits per heavy atom. The standard InChI is InChI=1S/C18H25BrN4OS2/c1-2-22-6-8-23(9-7-22)5-3-4-20-17(24)11-15-13-26-18(21-15)16-10-14(19)12-25-16/h10,12-13H,2-9,11H2,1H3,(H,20,24). The highest BCUT2D eigenvalue weighted by Gasteiger charge is 2.15. The molecule has 2 aromatic rings. The minimum Gasteiger partial charge on any atom is -0.356 e. The fourth-order valence-corrected chi connectivity index (χ4v) is 5.34. The maximum atomic E-state index is 12.1. The van der Waals surface area contributed by atoms with Crippen molar-refractivity contribution in [2.24, 2.45) is 0 Å². The first-order chi connectivity index (χ1) is 12.6. The molecule has 1 N–H and O–H groups in total. The number of rotatable bonds is 8. The summed E-state index contributed by atoms with van der Waals surface area (Å²) in [5.41, 5.74) is 0.850. The molecule has 26 heavy (non-hydrogen) atoms. The number of carbonyl (C=O) groups is 1. The van der Waals surface area contributed by atoms with Gasteiger partial charge in [0, 0.05) is 48.0 Å². The third-order valence-electron chi connectivity index (χ3n) is 4.56. The van der Waals surface area contributed by atoms with E-state index in [-0.39, 0.29) is 5.91 Å². The van der Waals surface area contributed by atoms with Crippen molar-refractivity contribution in [2.75, 3.05) is 45.8 Å². The lowest BCUT2D eigenvalue weighted by atomic mass is 10.2. The van der Waals surface area contributed by atoms with Crippen LogP contribution in [0.2, 0.25) is 0 Å². The third-order valence-corrected chi connectivity index (χ3v) is 7.31. The summed E-state index contributed by atoms with van der Waals surface area (Å²) in [5, 5.41) is 8.04. The zero-order chi connectivity index (χ0) is 18.4. The van der Waals surface area contributed by atoms with Gasteiger partial charge >= 0.3 is 0 Å². The van der Waals surface area contributed by atoms with Crippen LogP contribution >= 0.6 is 38.6 Å². The van der Waals surface area contributed by atoms with Crippen molar-refractivity contribution >= 4 is 44.5 Å². The molecule has 2 aromatic heterocycles. The quantitative estimate of drug-likeness (QED) is 0.618. The molecule has 5 nitrogen and oxygen atoms in total. The molecule has 0 aliphatic carbocycles. The minimum absolute atomic E-state index is 0.0602. The van der Waals surface area contributed by atoms with Gasteiger partial charge in [-0.15, -0.1) is 22.7 Å². The van der Waals surface area contributed by atoms with E-state index in [0.29, 0.717) is 6.42 Å². The van der Waals surface area contributed by atoms with Gasteiger partial charge in [-0.2, -0.15) is 0 Å². The number of carbonyl (C=O) groups excluding carboxylic acids is 1. The van der Waals surface area contributed by atoms with Crippen molar-refractivity contribution in [3.63, 3.8) is 0 Å². The fraction of sp³-hybridized carbons (Fsp3) is 0.556. The zero-order valence-electron chi connectivity index (χ0n) is 15.0. The number of hydrogen-bond donors (Lipinski definition) is 1. The number of hydrogen-bond acceptors (Lipinski definition) is 6. The van der Waals surface area contributed by atoms with Crippen molar-refractivity contribution in [2.45, 2.75) is 19.8 Å². The van der Waals surface area contributed by atoms with Crippen LogP contribution in [0.25, 0.3) is 9.88 Å². The molecule has 0 aromatic carbocycles. The first-order valence-corrected chi connectivity index (χ1v) is 11.6. The van der Waals surface area contributed by atoms with E-state index in [1.165, 1.54) is 0 Å². The lowest BCUT2D eigenvalue weighted by molar-refractivity contribution is -0.120. The van der Waals surface area contributed by atoms with Crippen LogP contribution in [0.15, 0.2) is 21.3 Å². The SMILES string of the molecule is CCN1CCN(CCCNC(=O)Cc2csc(-c3cc(Br)cs3)n2)CC1. The summed E-state index contributed by atoms with van der Waals surface area (Å²) in [5.74, 6) is 0.0602. The van der Waals surface area contributed by atoms with Crippen molar-refractivity contribution in [1.82, 2.24) is 20.1 Å². The number of likely N-dealkylation sites (N-methyl/N-ethyl adjacent to an activating group) is 1. The van der Waals surface area contributed by atoms with Crippen LogP contribution in [0.1, 0.15) is 19.0 Å². The molecule has 0 atom stereocenters. The monoisotopic (exact) mass is 456 g/mol. The summed E-state index contributed by atoms with van der Waals surface area (Å²) in [6, 6.07) is 2.06. The number of piperazine rings is 1. The summed E-state index contributed by atoms with van der Waals surface area (Å²) in [6.07, 6.45) is 1.36. The van der Waals surface area contributed by atoms with Gasteiger partial charge in [-0.3, -0.25) is 4.79 Å². The van der Waals surface area contributed by atoms with Crippen LogP contribution in [0.4, 0.5) is 0 Å². The number of aromatic nitrogens is 1. The highest BCUT2D eigenvalue weighted by Crippen LogP contribution is 2.32. The van der Waals surface area contributed by atoms with Crippen LogP contribution in [0.5, 0.6) is 0 Å². The van der Waals surface area contributed by atoms with E-state index in [4.69, 9.17) is 0 Å². The van der Waals surface area contributed by atoms with Gasteiger partial charge in [-0.05, 0) is 41.5 Å². The molecule has 3 heterocycles. The van der Waals surface area contributed by atoms with Crippen LogP contribution in [-0.4, -0.2) is 66.5 Å². The van der Waals surface area contributed by atoms with Crippen LogP contribution in [0, 0.1) is 0 Å². The van der Waals surface area contributed by atoms with E-state index in [2.05, 4.69) is 49.0 Å². The van der Waals surface area contributed by atoms with Crippen LogP contribution in [-0.2, 0) is 11.2 Å². The van der Waals surface area contributed by atoms with Crippen molar-refractivity contribution < 1.29 is 4.79 Å². The van der Waals surface area contributed by atoms with E-state index in [1.807, 2.05) is 10.8 Å². The normalized spacial score (nSPS) is 16.1. The first-order valence-electron chi connectivity index (χ1n) is 9.04. The Morgan fingerprint density at radius 2 is 2.00 bits per heavy atom. The molecule has 1 aliphatic rings. The molecule has 0 bridgehead atoms. The molecule has 0 spiro atoms. The largest absolute Gasteiger partial charge is 0.356 e. The summed E-state index contributed by atoms with van der Waals surface area (Å²) in [7, 11) is 0. The van der Waals surface area contributed by atoms with Gasteiger partial charge in [0.2, 0.25) is 5.91 Å². The van der Waals surface area contributed by atoms with Crippen molar-refractivity contribution in [3.8, 4) is 9.88 Å². The molecule has 1 saturated heterocycles. The molecule has 3 rings (SSSR count). The molecule has 1 amide bonds. The van der Waals surface area contributed by atoms with Crippen LogP contribution < -0.4 is 5.32 Å². The van der Waals surface area contributed by atoms with Crippen LogP contribution in [0.3, 0.4) is 0 Å². The topological polar surface area (TPSA) is 48.5 Å². The van der Waals surface area contributed by atoms with Gasteiger partial charge in [-0.1, -0.05) is 6.92 Å². The van der Waals surface area contributed by atoms with Gasteiger partial charge in [-0.25, -0.2) is 4.98 Å². The summed E-state index contributed by atoms with van der Waals surface area (Å²) in [4.78, 5) is 22.8. The van der Waals surface area contributed by atoms with Gasteiger partial charge in [0.05, 0.1) is 17.0 Å².